The number of anilines is 1. The molecule has 5 heteroatoms. The van der Waals surface area contributed by atoms with Crippen LogP contribution in [0.5, 0.6) is 0 Å². The summed E-state index contributed by atoms with van der Waals surface area (Å²) in [7, 11) is 0. The highest BCUT2D eigenvalue weighted by atomic mass is 16.2. The van der Waals surface area contributed by atoms with E-state index in [1.807, 2.05) is 40.0 Å². The zero-order valence-corrected chi connectivity index (χ0v) is 15.2. The van der Waals surface area contributed by atoms with Gasteiger partial charge in [0, 0.05) is 48.7 Å². The second-order valence-corrected chi connectivity index (χ2v) is 6.89. The number of hydrogen-bond donors (Lipinski definition) is 1. The molecule has 3 rings (SSSR count). The van der Waals surface area contributed by atoms with Crippen molar-refractivity contribution in [3.63, 3.8) is 0 Å². The first kappa shape index (κ1) is 17.5. The highest BCUT2D eigenvalue weighted by Crippen LogP contribution is 2.20. The first-order valence-corrected chi connectivity index (χ1v) is 9.33. The Labute approximate surface area is 150 Å². The van der Waals surface area contributed by atoms with Gasteiger partial charge in [0.05, 0.1) is 6.20 Å². The number of hydrogen-bond acceptors (Lipinski definition) is 3. The summed E-state index contributed by atoms with van der Waals surface area (Å²) in [6.07, 6.45) is 8.51. The highest BCUT2D eigenvalue weighted by Gasteiger charge is 2.23. The van der Waals surface area contributed by atoms with Crippen LogP contribution in [0.4, 0.5) is 5.69 Å². The van der Waals surface area contributed by atoms with E-state index in [0.717, 1.165) is 55.7 Å². The third-order valence-electron chi connectivity index (χ3n) is 4.83. The predicted octanol–water partition coefficient (Wildman–Crippen LogP) is 3.92. The van der Waals surface area contributed by atoms with Crippen LogP contribution in [-0.2, 0) is 13.1 Å². The summed E-state index contributed by atoms with van der Waals surface area (Å²) in [5, 5.41) is 7.73. The number of aromatic nitrogens is 2. The Bertz CT molecular complexity index is 692. The highest BCUT2D eigenvalue weighted by molar-refractivity contribution is 5.94. The van der Waals surface area contributed by atoms with E-state index in [9.17, 15) is 4.79 Å². The van der Waals surface area contributed by atoms with Gasteiger partial charge in [0.2, 0.25) is 0 Å². The quantitative estimate of drug-likeness (QED) is 0.867. The maximum absolute atomic E-state index is 12.7. The molecule has 0 bridgehead atoms. The van der Waals surface area contributed by atoms with Gasteiger partial charge < -0.3 is 10.2 Å². The van der Waals surface area contributed by atoms with Crippen molar-refractivity contribution >= 4 is 11.6 Å². The lowest BCUT2D eigenvalue weighted by Gasteiger charge is -2.33. The fourth-order valence-electron chi connectivity index (χ4n) is 3.35. The molecule has 1 N–H and O–H groups in total. The molecule has 2 aromatic rings. The molecule has 1 aliphatic rings. The van der Waals surface area contributed by atoms with Crippen molar-refractivity contribution in [3.8, 4) is 0 Å². The van der Waals surface area contributed by atoms with Gasteiger partial charge in [-0.05, 0) is 56.9 Å². The molecule has 0 radical (unpaired) electrons. The van der Waals surface area contributed by atoms with Crippen LogP contribution in [0.25, 0.3) is 0 Å². The van der Waals surface area contributed by atoms with Gasteiger partial charge in [-0.15, -0.1) is 0 Å². The van der Waals surface area contributed by atoms with Crippen LogP contribution in [0.3, 0.4) is 0 Å². The van der Waals surface area contributed by atoms with Crippen molar-refractivity contribution in [2.45, 2.75) is 58.7 Å². The zero-order valence-electron chi connectivity index (χ0n) is 15.2. The van der Waals surface area contributed by atoms with E-state index >= 15 is 0 Å². The van der Waals surface area contributed by atoms with Gasteiger partial charge in [-0.2, -0.15) is 5.10 Å². The second kappa shape index (κ2) is 8.19. The van der Waals surface area contributed by atoms with Crippen molar-refractivity contribution < 1.29 is 4.79 Å². The van der Waals surface area contributed by atoms with E-state index in [4.69, 9.17) is 0 Å². The molecule has 0 saturated carbocycles. The lowest BCUT2D eigenvalue weighted by atomic mass is 10.0. The lowest BCUT2D eigenvalue weighted by Crippen LogP contribution is -2.41. The molecule has 1 aromatic heterocycles. The van der Waals surface area contributed by atoms with Gasteiger partial charge in [0.1, 0.15) is 0 Å². The van der Waals surface area contributed by atoms with Gasteiger partial charge in [0.25, 0.3) is 5.91 Å². The fraction of sp³-hybridized carbons (Fsp3) is 0.500. The number of aryl methyl sites for hydroxylation is 1. The third-order valence-corrected chi connectivity index (χ3v) is 4.83. The number of piperidine rings is 1. The second-order valence-electron chi connectivity index (χ2n) is 6.89. The SMILES string of the molecule is CCCn1cc(CNc2ccc(C(=O)N3CCCC[C@H]3C)cc2)cn1. The first-order valence-electron chi connectivity index (χ1n) is 9.33. The minimum Gasteiger partial charge on any atom is -0.381 e. The topological polar surface area (TPSA) is 50.2 Å². The summed E-state index contributed by atoms with van der Waals surface area (Å²) in [4.78, 5) is 14.7. The molecule has 25 heavy (non-hydrogen) atoms. The van der Waals surface area contributed by atoms with Crippen molar-refractivity contribution in [2.24, 2.45) is 0 Å². The van der Waals surface area contributed by atoms with Crippen LogP contribution in [0, 0.1) is 0 Å². The molecule has 1 aromatic carbocycles. The van der Waals surface area contributed by atoms with Crippen LogP contribution in [0.1, 0.15) is 55.5 Å². The van der Waals surface area contributed by atoms with E-state index < -0.39 is 0 Å². The molecule has 0 unspecified atom stereocenters. The number of amides is 1. The summed E-state index contributed by atoms with van der Waals surface area (Å²) in [6, 6.07) is 8.16. The van der Waals surface area contributed by atoms with Crippen LogP contribution >= 0.6 is 0 Å². The fourth-order valence-corrected chi connectivity index (χ4v) is 3.35. The Balaban J connectivity index is 1.57. The Morgan fingerprint density at radius 2 is 2.08 bits per heavy atom. The van der Waals surface area contributed by atoms with Crippen LogP contribution in [0.15, 0.2) is 36.7 Å². The Hall–Kier alpha value is -2.30. The zero-order chi connectivity index (χ0) is 17.6. The van der Waals surface area contributed by atoms with Gasteiger partial charge in [-0.1, -0.05) is 6.92 Å². The van der Waals surface area contributed by atoms with E-state index in [-0.39, 0.29) is 5.91 Å². The summed E-state index contributed by atoms with van der Waals surface area (Å²) in [5.41, 5.74) is 2.96. The van der Waals surface area contributed by atoms with Crippen LogP contribution in [0.2, 0.25) is 0 Å². The van der Waals surface area contributed by atoms with E-state index in [0.29, 0.717) is 6.04 Å². The smallest absolute Gasteiger partial charge is 0.254 e. The molecule has 1 fully saturated rings. The number of nitrogens with one attached hydrogen (secondary N) is 1. The average molecular weight is 340 g/mol. The standard InChI is InChI=1S/C20H28N4O/c1-3-11-23-15-17(14-22-23)13-21-19-9-7-18(8-10-19)20(25)24-12-5-4-6-16(24)2/h7-10,14-16,21H,3-6,11-13H2,1-2H3/t16-/m1/s1. The molecular formula is C20H28N4O. The van der Waals surface area contributed by atoms with Crippen LogP contribution in [-0.4, -0.2) is 33.2 Å². The van der Waals surface area contributed by atoms with Crippen LogP contribution < -0.4 is 5.32 Å². The predicted molar refractivity (Wildman–Crippen MR) is 101 cm³/mol. The number of carbonyl (C=O) groups is 1. The molecule has 1 aliphatic heterocycles. The maximum atomic E-state index is 12.7. The Morgan fingerprint density at radius 3 is 2.80 bits per heavy atom. The van der Waals surface area contributed by atoms with Gasteiger partial charge in [-0.25, -0.2) is 0 Å². The van der Waals surface area contributed by atoms with Gasteiger partial charge >= 0.3 is 0 Å². The summed E-state index contributed by atoms with van der Waals surface area (Å²) < 4.78 is 1.97. The number of carbonyl (C=O) groups excluding carboxylic acids is 1. The molecule has 2 heterocycles. The molecule has 1 saturated heterocycles. The molecule has 5 nitrogen and oxygen atoms in total. The number of nitrogens with zero attached hydrogens (tertiary/aromatic N) is 3. The third kappa shape index (κ3) is 4.41. The summed E-state index contributed by atoms with van der Waals surface area (Å²) >= 11 is 0. The average Bonchev–Trinajstić information content (AvgIpc) is 3.08. The Morgan fingerprint density at radius 1 is 1.28 bits per heavy atom. The van der Waals surface area contributed by atoms with E-state index in [2.05, 4.69) is 30.5 Å². The van der Waals surface area contributed by atoms with Gasteiger partial charge in [0.15, 0.2) is 0 Å². The number of likely N-dealkylation sites (tertiary alicyclic amines) is 1. The van der Waals surface area contributed by atoms with E-state index in [1.165, 1.54) is 6.42 Å². The maximum Gasteiger partial charge on any atom is 0.254 e. The van der Waals surface area contributed by atoms with Crippen molar-refractivity contribution in [2.75, 3.05) is 11.9 Å². The summed E-state index contributed by atoms with van der Waals surface area (Å²) in [6.45, 7) is 6.85. The molecule has 1 amide bonds. The normalized spacial score (nSPS) is 17.5. The van der Waals surface area contributed by atoms with Gasteiger partial charge in [-0.3, -0.25) is 9.48 Å². The molecule has 1 atom stereocenters. The first-order chi connectivity index (χ1) is 12.2. The minimum atomic E-state index is 0.152. The molecule has 0 aliphatic carbocycles. The van der Waals surface area contributed by atoms with E-state index in [1.54, 1.807) is 0 Å². The lowest BCUT2D eigenvalue weighted by molar-refractivity contribution is 0.0635. The van der Waals surface area contributed by atoms with Crippen molar-refractivity contribution in [1.82, 2.24) is 14.7 Å². The molecular weight excluding hydrogens is 312 g/mol. The molecule has 0 spiro atoms. The minimum absolute atomic E-state index is 0.152. The number of rotatable bonds is 6. The monoisotopic (exact) mass is 340 g/mol. The Kier molecular flexibility index (Phi) is 5.74. The summed E-state index contributed by atoms with van der Waals surface area (Å²) in [5.74, 6) is 0.152. The number of benzene rings is 1. The largest absolute Gasteiger partial charge is 0.381 e. The van der Waals surface area contributed by atoms with Crippen molar-refractivity contribution in [3.05, 3.63) is 47.8 Å². The van der Waals surface area contributed by atoms with Crippen molar-refractivity contribution in [1.29, 1.82) is 0 Å². The molecule has 134 valence electrons.